The number of rotatable bonds is 5. The molecule has 0 fully saturated rings. The number of carboxylic acids is 1. The first-order chi connectivity index (χ1) is 9.58. The smallest absolute Gasteiger partial charge is 0.354 e. The Morgan fingerprint density at radius 3 is 2.85 bits per heavy atom. The van der Waals surface area contributed by atoms with Crippen LogP contribution in [0.3, 0.4) is 0 Å². The molecule has 0 aliphatic carbocycles. The fourth-order valence-electron chi connectivity index (χ4n) is 1.74. The quantitative estimate of drug-likeness (QED) is 0.916. The molecule has 1 N–H and O–H groups in total. The minimum absolute atomic E-state index is 0.123. The van der Waals surface area contributed by atoms with Gasteiger partial charge in [-0.2, -0.15) is 0 Å². The van der Waals surface area contributed by atoms with Crippen LogP contribution in [0.2, 0.25) is 0 Å². The second-order valence-corrected chi connectivity index (χ2v) is 5.32. The predicted octanol–water partition coefficient (Wildman–Crippen LogP) is 2.16. The van der Waals surface area contributed by atoms with Crippen molar-refractivity contribution in [3.05, 3.63) is 52.0 Å². The van der Waals surface area contributed by atoms with Crippen LogP contribution in [0.25, 0.3) is 0 Å². The lowest BCUT2D eigenvalue weighted by Crippen LogP contribution is -2.29. The Kier molecular flexibility index (Phi) is 4.47. The van der Waals surface area contributed by atoms with Gasteiger partial charge in [0.1, 0.15) is 5.69 Å². The summed E-state index contributed by atoms with van der Waals surface area (Å²) in [6.45, 7) is 0.587. The van der Waals surface area contributed by atoms with Crippen molar-refractivity contribution in [2.24, 2.45) is 0 Å². The zero-order chi connectivity index (χ0) is 14.5. The van der Waals surface area contributed by atoms with E-state index in [-0.39, 0.29) is 11.6 Å². The summed E-state index contributed by atoms with van der Waals surface area (Å²) in [5.74, 6) is -1.34. The highest BCUT2D eigenvalue weighted by Crippen LogP contribution is 2.11. The van der Waals surface area contributed by atoms with Gasteiger partial charge in [-0.1, -0.05) is 6.07 Å². The number of aromatic carboxylic acids is 1. The summed E-state index contributed by atoms with van der Waals surface area (Å²) >= 11 is 1.65. The molecule has 0 aliphatic rings. The number of nitrogens with zero attached hydrogens (tertiary/aromatic N) is 2. The molecule has 0 aromatic carbocycles. The second kappa shape index (κ2) is 6.29. The van der Waals surface area contributed by atoms with Crippen molar-refractivity contribution in [3.8, 4) is 0 Å². The van der Waals surface area contributed by atoms with Crippen LogP contribution in [0.1, 0.15) is 25.7 Å². The van der Waals surface area contributed by atoms with Gasteiger partial charge in [-0.05, 0) is 30.0 Å². The van der Waals surface area contributed by atoms with Crippen LogP contribution in [-0.2, 0) is 6.42 Å². The monoisotopic (exact) mass is 290 g/mol. The minimum atomic E-state index is -1.14. The Bertz CT molecular complexity index is 611. The molecule has 0 unspecified atom stereocenters. The largest absolute Gasteiger partial charge is 0.477 e. The van der Waals surface area contributed by atoms with Gasteiger partial charge in [0.15, 0.2) is 0 Å². The first kappa shape index (κ1) is 14.2. The third-order valence-corrected chi connectivity index (χ3v) is 3.78. The molecule has 104 valence electrons. The van der Waals surface area contributed by atoms with Crippen LogP contribution >= 0.6 is 11.3 Å². The maximum absolute atomic E-state index is 12.2. The topological polar surface area (TPSA) is 70.5 Å². The molecule has 2 heterocycles. The Morgan fingerprint density at radius 2 is 2.20 bits per heavy atom. The molecule has 20 heavy (non-hydrogen) atoms. The zero-order valence-corrected chi connectivity index (χ0v) is 11.8. The Labute approximate surface area is 120 Å². The van der Waals surface area contributed by atoms with Gasteiger partial charge in [-0.15, -0.1) is 11.3 Å². The van der Waals surface area contributed by atoms with Gasteiger partial charge in [-0.25, -0.2) is 9.78 Å². The van der Waals surface area contributed by atoms with Crippen molar-refractivity contribution in [3.63, 3.8) is 0 Å². The van der Waals surface area contributed by atoms with Gasteiger partial charge in [0.2, 0.25) is 0 Å². The van der Waals surface area contributed by atoms with Gasteiger partial charge in [0, 0.05) is 30.2 Å². The fourth-order valence-corrected chi connectivity index (χ4v) is 2.43. The van der Waals surface area contributed by atoms with Crippen LogP contribution in [0.5, 0.6) is 0 Å². The molecule has 0 radical (unpaired) electrons. The molecule has 2 aromatic rings. The second-order valence-electron chi connectivity index (χ2n) is 4.29. The van der Waals surface area contributed by atoms with Crippen molar-refractivity contribution in [1.82, 2.24) is 9.88 Å². The van der Waals surface area contributed by atoms with E-state index in [1.807, 2.05) is 17.5 Å². The van der Waals surface area contributed by atoms with E-state index in [1.54, 1.807) is 23.3 Å². The maximum Gasteiger partial charge on any atom is 0.354 e. The molecule has 0 atom stereocenters. The SMILES string of the molecule is CN(CCc1cccs1)C(=O)c1ccnc(C(=O)O)c1. The number of pyridine rings is 1. The molecule has 2 aromatic heterocycles. The average molecular weight is 290 g/mol. The minimum Gasteiger partial charge on any atom is -0.477 e. The van der Waals surface area contributed by atoms with E-state index in [0.29, 0.717) is 12.1 Å². The summed E-state index contributed by atoms with van der Waals surface area (Å²) in [5.41, 5.74) is 0.216. The molecule has 6 heteroatoms. The van der Waals surface area contributed by atoms with Crippen molar-refractivity contribution >= 4 is 23.2 Å². The molecule has 0 bridgehead atoms. The van der Waals surface area contributed by atoms with Crippen LogP contribution in [0, 0.1) is 0 Å². The molecular weight excluding hydrogens is 276 g/mol. The summed E-state index contributed by atoms with van der Waals surface area (Å²) in [4.78, 5) is 29.5. The third-order valence-electron chi connectivity index (χ3n) is 2.85. The number of carbonyl (C=O) groups is 2. The van der Waals surface area contributed by atoms with Gasteiger partial charge < -0.3 is 10.0 Å². The summed E-state index contributed by atoms with van der Waals surface area (Å²) in [6, 6.07) is 6.82. The van der Waals surface area contributed by atoms with Crippen molar-refractivity contribution < 1.29 is 14.7 Å². The maximum atomic E-state index is 12.2. The average Bonchev–Trinajstić information content (AvgIpc) is 2.97. The Morgan fingerprint density at radius 1 is 1.40 bits per heavy atom. The van der Waals surface area contributed by atoms with E-state index >= 15 is 0 Å². The predicted molar refractivity (Wildman–Crippen MR) is 76.2 cm³/mol. The number of hydrogen-bond donors (Lipinski definition) is 1. The first-order valence-electron chi connectivity index (χ1n) is 6.05. The number of likely N-dealkylation sites (N-methyl/N-ethyl adjacent to an activating group) is 1. The summed E-state index contributed by atoms with van der Waals surface area (Å²) in [6.07, 6.45) is 2.13. The molecule has 1 amide bonds. The highest BCUT2D eigenvalue weighted by Gasteiger charge is 2.14. The van der Waals surface area contributed by atoms with Crippen LogP contribution in [0.15, 0.2) is 35.8 Å². The number of amides is 1. The van der Waals surface area contributed by atoms with Gasteiger partial charge in [0.05, 0.1) is 0 Å². The first-order valence-corrected chi connectivity index (χ1v) is 6.93. The van der Waals surface area contributed by atoms with Crippen molar-refractivity contribution in [2.45, 2.75) is 6.42 Å². The molecule has 2 rings (SSSR count). The number of thiophene rings is 1. The number of carbonyl (C=O) groups excluding carboxylic acids is 1. The molecule has 5 nitrogen and oxygen atoms in total. The summed E-state index contributed by atoms with van der Waals surface area (Å²) in [5, 5.41) is 10.9. The summed E-state index contributed by atoms with van der Waals surface area (Å²) in [7, 11) is 1.71. The van der Waals surface area contributed by atoms with Gasteiger partial charge in [0.25, 0.3) is 5.91 Å². The Hall–Kier alpha value is -2.21. The van der Waals surface area contributed by atoms with E-state index in [2.05, 4.69) is 4.98 Å². The van der Waals surface area contributed by atoms with Crippen LogP contribution < -0.4 is 0 Å². The molecular formula is C14H14N2O3S. The highest BCUT2D eigenvalue weighted by molar-refractivity contribution is 7.09. The van der Waals surface area contributed by atoms with E-state index in [1.165, 1.54) is 23.2 Å². The number of aromatic nitrogens is 1. The van der Waals surface area contributed by atoms with Gasteiger partial charge in [-0.3, -0.25) is 4.79 Å². The fraction of sp³-hybridized carbons (Fsp3) is 0.214. The zero-order valence-electron chi connectivity index (χ0n) is 10.9. The van der Waals surface area contributed by atoms with Crippen molar-refractivity contribution in [2.75, 3.05) is 13.6 Å². The van der Waals surface area contributed by atoms with E-state index in [0.717, 1.165) is 6.42 Å². The van der Waals surface area contributed by atoms with Crippen LogP contribution in [0.4, 0.5) is 0 Å². The lowest BCUT2D eigenvalue weighted by atomic mass is 10.2. The van der Waals surface area contributed by atoms with Crippen LogP contribution in [-0.4, -0.2) is 40.5 Å². The number of carboxylic acid groups (broad SMARTS) is 1. The van der Waals surface area contributed by atoms with Crippen molar-refractivity contribution in [1.29, 1.82) is 0 Å². The summed E-state index contributed by atoms with van der Waals surface area (Å²) < 4.78 is 0. The highest BCUT2D eigenvalue weighted by atomic mass is 32.1. The molecule has 0 saturated heterocycles. The molecule has 0 aliphatic heterocycles. The number of hydrogen-bond acceptors (Lipinski definition) is 4. The Balaban J connectivity index is 2.02. The molecule has 0 spiro atoms. The normalized spacial score (nSPS) is 10.2. The third kappa shape index (κ3) is 3.42. The standard InChI is InChI=1S/C14H14N2O3S/c1-16(7-5-11-3-2-8-20-11)13(17)10-4-6-15-12(9-10)14(18)19/h2-4,6,8-9H,5,7H2,1H3,(H,18,19). The van der Waals surface area contributed by atoms with E-state index in [4.69, 9.17) is 5.11 Å². The van der Waals surface area contributed by atoms with E-state index in [9.17, 15) is 9.59 Å². The lowest BCUT2D eigenvalue weighted by Gasteiger charge is -2.16. The van der Waals surface area contributed by atoms with E-state index < -0.39 is 5.97 Å². The molecule has 0 saturated carbocycles. The van der Waals surface area contributed by atoms with Gasteiger partial charge >= 0.3 is 5.97 Å². The lowest BCUT2D eigenvalue weighted by molar-refractivity contribution is 0.0690.